The van der Waals surface area contributed by atoms with Crippen LogP contribution in [0.15, 0.2) is 30.3 Å². The van der Waals surface area contributed by atoms with Crippen molar-refractivity contribution in [2.24, 2.45) is 0 Å². The van der Waals surface area contributed by atoms with Crippen LogP contribution < -0.4 is 5.32 Å². The van der Waals surface area contributed by atoms with Gasteiger partial charge >= 0.3 is 0 Å². The van der Waals surface area contributed by atoms with Crippen LogP contribution in [0.25, 0.3) is 6.08 Å². The number of rotatable bonds is 2. The summed E-state index contributed by atoms with van der Waals surface area (Å²) in [5.74, 6) is -0.144. The molecule has 2 rings (SSSR count). The Kier molecular flexibility index (Phi) is 4.75. The van der Waals surface area contributed by atoms with Gasteiger partial charge in [-0.1, -0.05) is 49.6 Å². The van der Waals surface area contributed by atoms with Crippen molar-refractivity contribution in [3.8, 4) is 0 Å². The first kappa shape index (κ1) is 12.3. The highest BCUT2D eigenvalue weighted by Crippen LogP contribution is 2.13. The minimum atomic E-state index is -0.144. The molecule has 1 saturated heterocycles. The normalized spacial score (nSPS) is 22.3. The average Bonchev–Trinajstić information content (AvgIpc) is 2.29. The number of nitrogens with one attached hydrogen (secondary N) is 1. The van der Waals surface area contributed by atoms with Gasteiger partial charge in [0.1, 0.15) is 5.82 Å². The molecule has 1 heterocycles. The van der Waals surface area contributed by atoms with Crippen molar-refractivity contribution in [1.29, 1.82) is 0 Å². The van der Waals surface area contributed by atoms with E-state index in [1.54, 1.807) is 6.07 Å². The molecule has 0 amide bonds. The molecule has 1 atom stereocenters. The predicted molar refractivity (Wildman–Crippen MR) is 70.3 cm³/mol. The maximum atomic E-state index is 13.4. The van der Waals surface area contributed by atoms with E-state index in [2.05, 4.69) is 11.4 Å². The summed E-state index contributed by atoms with van der Waals surface area (Å²) in [6.07, 6.45) is 10.3. The smallest absolute Gasteiger partial charge is 0.130 e. The highest BCUT2D eigenvalue weighted by Gasteiger charge is 2.07. The van der Waals surface area contributed by atoms with Gasteiger partial charge in [-0.25, -0.2) is 4.39 Å². The van der Waals surface area contributed by atoms with Crippen LogP contribution in [0, 0.1) is 5.82 Å². The first-order chi connectivity index (χ1) is 8.36. The molecule has 1 fully saturated rings. The fraction of sp³-hybridized carbons (Fsp3) is 0.467. The van der Waals surface area contributed by atoms with Gasteiger partial charge in [0.25, 0.3) is 0 Å². The zero-order chi connectivity index (χ0) is 11.9. The molecule has 1 aromatic rings. The van der Waals surface area contributed by atoms with E-state index in [9.17, 15) is 4.39 Å². The third kappa shape index (κ3) is 3.97. The quantitative estimate of drug-likeness (QED) is 0.820. The van der Waals surface area contributed by atoms with E-state index in [1.807, 2.05) is 18.2 Å². The largest absolute Gasteiger partial charge is 0.311 e. The van der Waals surface area contributed by atoms with Gasteiger partial charge in [-0.3, -0.25) is 0 Å². The molecule has 0 aliphatic carbocycles. The highest BCUT2D eigenvalue weighted by molar-refractivity contribution is 5.50. The topological polar surface area (TPSA) is 12.0 Å². The summed E-state index contributed by atoms with van der Waals surface area (Å²) >= 11 is 0. The third-order valence-electron chi connectivity index (χ3n) is 3.26. The van der Waals surface area contributed by atoms with Gasteiger partial charge in [0, 0.05) is 11.6 Å². The summed E-state index contributed by atoms with van der Waals surface area (Å²) in [7, 11) is 0. The monoisotopic (exact) mass is 233 g/mol. The molecule has 0 radical (unpaired) electrons. The Morgan fingerprint density at radius 1 is 1.12 bits per heavy atom. The van der Waals surface area contributed by atoms with Gasteiger partial charge in [-0.15, -0.1) is 0 Å². The number of hydrogen-bond donors (Lipinski definition) is 1. The Balaban J connectivity index is 1.96. The Hall–Kier alpha value is -1.15. The minimum Gasteiger partial charge on any atom is -0.311 e. The van der Waals surface area contributed by atoms with Crippen LogP contribution in [0.3, 0.4) is 0 Å². The van der Waals surface area contributed by atoms with Gasteiger partial charge in [0.05, 0.1) is 0 Å². The van der Waals surface area contributed by atoms with Crippen LogP contribution >= 0.6 is 0 Å². The molecule has 1 N–H and O–H groups in total. The number of benzene rings is 1. The molecule has 92 valence electrons. The Morgan fingerprint density at radius 2 is 1.94 bits per heavy atom. The molecule has 0 aromatic heterocycles. The van der Waals surface area contributed by atoms with Crippen molar-refractivity contribution >= 4 is 6.08 Å². The van der Waals surface area contributed by atoms with Crippen LogP contribution in [0.5, 0.6) is 0 Å². The second kappa shape index (κ2) is 6.55. The van der Waals surface area contributed by atoms with Crippen molar-refractivity contribution in [2.45, 2.75) is 38.1 Å². The molecule has 1 aromatic carbocycles. The van der Waals surface area contributed by atoms with E-state index in [4.69, 9.17) is 0 Å². The SMILES string of the molecule is Fc1ccccc1/C=C/C1CCCCCCN1. The Labute approximate surface area is 103 Å². The Morgan fingerprint density at radius 3 is 2.82 bits per heavy atom. The maximum Gasteiger partial charge on any atom is 0.130 e. The van der Waals surface area contributed by atoms with E-state index >= 15 is 0 Å². The molecule has 0 saturated carbocycles. The van der Waals surface area contributed by atoms with E-state index in [-0.39, 0.29) is 5.82 Å². The lowest BCUT2D eigenvalue weighted by Crippen LogP contribution is -2.29. The molecule has 1 unspecified atom stereocenters. The first-order valence-corrected chi connectivity index (χ1v) is 6.52. The van der Waals surface area contributed by atoms with Crippen molar-refractivity contribution in [3.05, 3.63) is 41.7 Å². The molecular weight excluding hydrogens is 213 g/mol. The first-order valence-electron chi connectivity index (χ1n) is 6.52. The predicted octanol–water partition coefficient (Wildman–Crippen LogP) is 3.76. The van der Waals surface area contributed by atoms with Crippen molar-refractivity contribution in [1.82, 2.24) is 5.32 Å². The van der Waals surface area contributed by atoms with Gasteiger partial charge in [0.2, 0.25) is 0 Å². The van der Waals surface area contributed by atoms with Crippen LogP contribution in [0.4, 0.5) is 4.39 Å². The third-order valence-corrected chi connectivity index (χ3v) is 3.26. The van der Waals surface area contributed by atoms with Crippen LogP contribution in [-0.2, 0) is 0 Å². The second-order valence-corrected chi connectivity index (χ2v) is 4.64. The zero-order valence-electron chi connectivity index (χ0n) is 10.2. The molecular formula is C15H20FN. The summed E-state index contributed by atoms with van der Waals surface area (Å²) in [4.78, 5) is 0. The van der Waals surface area contributed by atoms with E-state index in [0.717, 1.165) is 13.0 Å². The second-order valence-electron chi connectivity index (χ2n) is 4.64. The summed E-state index contributed by atoms with van der Waals surface area (Å²) in [6, 6.07) is 7.31. The van der Waals surface area contributed by atoms with Gasteiger partial charge in [-0.05, 0) is 25.5 Å². The summed E-state index contributed by atoms with van der Waals surface area (Å²) in [6.45, 7) is 1.08. The summed E-state index contributed by atoms with van der Waals surface area (Å²) in [5.41, 5.74) is 0.677. The lowest BCUT2D eigenvalue weighted by molar-refractivity contribution is 0.465. The lowest BCUT2D eigenvalue weighted by Gasteiger charge is -2.18. The molecule has 0 bridgehead atoms. The van der Waals surface area contributed by atoms with Crippen LogP contribution in [0.2, 0.25) is 0 Å². The van der Waals surface area contributed by atoms with Gasteiger partial charge in [0.15, 0.2) is 0 Å². The molecule has 1 nitrogen and oxygen atoms in total. The van der Waals surface area contributed by atoms with Gasteiger partial charge in [-0.2, -0.15) is 0 Å². The minimum absolute atomic E-state index is 0.144. The lowest BCUT2D eigenvalue weighted by atomic mass is 10.0. The zero-order valence-corrected chi connectivity index (χ0v) is 10.2. The number of halogens is 1. The van der Waals surface area contributed by atoms with E-state index in [1.165, 1.54) is 31.7 Å². The standard InChI is InChI=1S/C15H20FN/c16-15-9-5-4-7-13(15)10-11-14-8-3-1-2-6-12-17-14/h4-5,7,9-11,14,17H,1-3,6,8,12H2/b11-10+. The summed E-state index contributed by atoms with van der Waals surface area (Å²) in [5, 5.41) is 3.50. The van der Waals surface area contributed by atoms with Crippen LogP contribution in [-0.4, -0.2) is 12.6 Å². The van der Waals surface area contributed by atoms with Crippen molar-refractivity contribution < 1.29 is 4.39 Å². The van der Waals surface area contributed by atoms with Gasteiger partial charge < -0.3 is 5.32 Å². The molecule has 1 aliphatic heterocycles. The maximum absolute atomic E-state index is 13.4. The molecule has 1 aliphatic rings. The molecule has 17 heavy (non-hydrogen) atoms. The fourth-order valence-corrected chi connectivity index (χ4v) is 2.23. The molecule has 2 heteroatoms. The summed E-state index contributed by atoms with van der Waals surface area (Å²) < 4.78 is 13.4. The Bertz CT molecular complexity index is 365. The number of hydrogen-bond acceptors (Lipinski definition) is 1. The van der Waals surface area contributed by atoms with Crippen molar-refractivity contribution in [2.75, 3.05) is 6.54 Å². The van der Waals surface area contributed by atoms with E-state index < -0.39 is 0 Å². The average molecular weight is 233 g/mol. The fourth-order valence-electron chi connectivity index (χ4n) is 2.23. The van der Waals surface area contributed by atoms with Crippen molar-refractivity contribution in [3.63, 3.8) is 0 Å². The highest BCUT2D eigenvalue weighted by atomic mass is 19.1. The van der Waals surface area contributed by atoms with E-state index in [0.29, 0.717) is 11.6 Å². The molecule has 0 spiro atoms. The van der Waals surface area contributed by atoms with Crippen LogP contribution in [0.1, 0.15) is 37.7 Å².